The molecule has 7 N–H and O–H groups in total. The SMILES string of the molecule is CC[C@H](NC(=O)[C@H](C)NC)C(=O)N1CCC[C@H]1C(=O)N[C@@H]1CCCc2c1cccc2N1CCN(c2cccc3c2CCCC3)CC1.CC[C@H](NC(=O)[C@H](C)NC)C(=O)N1CCC[C@H]1C(N)=O.[HH].[HH].[HH].[HH].[HH]. The molecule has 6 amide bonds. The molecular formula is C50H86N10O6. The Bertz CT molecular complexity index is 2070. The van der Waals surface area contributed by atoms with Crippen molar-refractivity contribution in [3.8, 4) is 0 Å². The summed E-state index contributed by atoms with van der Waals surface area (Å²) in [6, 6.07) is 10.3. The minimum atomic E-state index is -0.637. The lowest BCUT2D eigenvalue weighted by atomic mass is 9.86. The molecule has 2 aromatic rings. The molecule has 2 aliphatic carbocycles. The zero-order valence-corrected chi connectivity index (χ0v) is 40.3. The summed E-state index contributed by atoms with van der Waals surface area (Å²) < 4.78 is 0. The molecule has 16 nitrogen and oxygen atoms in total. The fourth-order valence-electron chi connectivity index (χ4n) is 10.4. The lowest BCUT2D eigenvalue weighted by Crippen LogP contribution is -2.55. The van der Waals surface area contributed by atoms with Crippen LogP contribution in [0.15, 0.2) is 36.4 Å². The van der Waals surface area contributed by atoms with Crippen molar-refractivity contribution in [2.24, 2.45) is 5.73 Å². The van der Waals surface area contributed by atoms with E-state index in [1.807, 2.05) is 13.8 Å². The van der Waals surface area contributed by atoms with Crippen molar-refractivity contribution >= 4 is 46.8 Å². The van der Waals surface area contributed by atoms with Gasteiger partial charge >= 0.3 is 0 Å². The van der Waals surface area contributed by atoms with Crippen molar-refractivity contribution in [2.45, 2.75) is 153 Å². The summed E-state index contributed by atoms with van der Waals surface area (Å²) in [5, 5.41) is 14.7. The number of carbonyl (C=O) groups is 6. The second-order valence-electron chi connectivity index (χ2n) is 18.6. The second-order valence-corrected chi connectivity index (χ2v) is 18.6. The van der Waals surface area contributed by atoms with Crippen LogP contribution in [0, 0.1) is 0 Å². The molecule has 3 fully saturated rings. The number of hydrogen-bond donors (Lipinski definition) is 6. The first-order chi connectivity index (χ1) is 31.8. The number of anilines is 2. The molecule has 3 heterocycles. The summed E-state index contributed by atoms with van der Waals surface area (Å²) in [5.74, 6) is -1.41. The van der Waals surface area contributed by atoms with Gasteiger partial charge in [0.15, 0.2) is 0 Å². The topological polar surface area (TPSA) is 202 Å². The number of nitrogens with one attached hydrogen (secondary N) is 5. The highest BCUT2D eigenvalue weighted by atomic mass is 16.2. The number of amides is 6. The first kappa shape index (κ1) is 50.2. The van der Waals surface area contributed by atoms with E-state index in [0.717, 1.165) is 58.3 Å². The summed E-state index contributed by atoms with van der Waals surface area (Å²) in [6.45, 7) is 12.2. The third-order valence-electron chi connectivity index (χ3n) is 14.5. The first-order valence-electron chi connectivity index (χ1n) is 24.7. The molecule has 7 atom stereocenters. The van der Waals surface area contributed by atoms with Gasteiger partial charge in [0.1, 0.15) is 24.2 Å². The van der Waals surface area contributed by atoms with Crippen molar-refractivity contribution in [2.75, 3.05) is 63.2 Å². The van der Waals surface area contributed by atoms with Crippen LogP contribution in [0.25, 0.3) is 0 Å². The van der Waals surface area contributed by atoms with Crippen LogP contribution in [-0.2, 0) is 48.0 Å². The number of rotatable bonds is 15. The average Bonchev–Trinajstić information content (AvgIpc) is 4.06. The van der Waals surface area contributed by atoms with E-state index in [0.29, 0.717) is 38.8 Å². The van der Waals surface area contributed by atoms with Gasteiger partial charge in [-0.1, -0.05) is 38.1 Å². The molecule has 2 aromatic carbocycles. The van der Waals surface area contributed by atoms with Crippen LogP contribution in [0.3, 0.4) is 0 Å². The highest BCUT2D eigenvalue weighted by Gasteiger charge is 2.39. The number of likely N-dealkylation sites (tertiary alicyclic amines) is 2. The maximum atomic E-state index is 13.8. The maximum Gasteiger partial charge on any atom is 0.245 e. The Labute approximate surface area is 399 Å². The smallest absolute Gasteiger partial charge is 0.245 e. The Morgan fingerprint density at radius 3 is 1.68 bits per heavy atom. The van der Waals surface area contributed by atoms with Crippen molar-refractivity contribution < 1.29 is 35.9 Å². The monoisotopic (exact) mass is 923 g/mol. The van der Waals surface area contributed by atoms with Crippen LogP contribution in [0.4, 0.5) is 11.4 Å². The van der Waals surface area contributed by atoms with Crippen LogP contribution in [-0.4, -0.2) is 135 Å². The van der Waals surface area contributed by atoms with E-state index in [4.69, 9.17) is 5.73 Å². The van der Waals surface area contributed by atoms with Gasteiger partial charge < -0.3 is 51.9 Å². The fraction of sp³-hybridized carbons (Fsp3) is 0.640. The van der Waals surface area contributed by atoms with Gasteiger partial charge in [0.2, 0.25) is 35.4 Å². The van der Waals surface area contributed by atoms with Crippen LogP contribution in [0.5, 0.6) is 0 Å². The zero-order valence-electron chi connectivity index (χ0n) is 40.3. The molecule has 3 aliphatic heterocycles. The molecule has 0 bridgehead atoms. The van der Waals surface area contributed by atoms with Gasteiger partial charge in [-0.3, -0.25) is 28.8 Å². The van der Waals surface area contributed by atoms with Gasteiger partial charge in [-0.25, -0.2) is 0 Å². The number of carbonyl (C=O) groups excluding carboxylic acids is 6. The fourth-order valence-corrected chi connectivity index (χ4v) is 10.4. The second kappa shape index (κ2) is 23.5. The first-order valence-corrected chi connectivity index (χ1v) is 24.7. The van der Waals surface area contributed by atoms with Gasteiger partial charge in [0.05, 0.1) is 18.1 Å². The molecule has 0 aromatic heterocycles. The number of nitrogens with zero attached hydrogens (tertiary/aromatic N) is 4. The highest BCUT2D eigenvalue weighted by molar-refractivity contribution is 5.94. The molecule has 16 heteroatoms. The average molecular weight is 923 g/mol. The molecule has 7 rings (SSSR count). The van der Waals surface area contributed by atoms with Crippen LogP contribution in [0.1, 0.15) is 127 Å². The van der Waals surface area contributed by atoms with Gasteiger partial charge in [-0.2, -0.15) is 0 Å². The standard InChI is InChI=1S/C37H52N6O3.C13H24N4O3.5H2/c1-4-30(39-35(44)25(2)38-3)37(46)43-20-10-19-34(43)36(45)40-31-16-8-15-29-28(31)14-9-18-33(29)42-23-21-41(22-24-42)32-17-7-12-26-11-5-6-13-27(26)32;1-4-9(16-12(19)8(2)15-3)13(20)17-7-5-6-10(17)11(14)18;;;;;/h7,9,12,14,17-18,25,30-31,34,38H,4-6,8,10-11,13,15-16,19-24H2,1-3H3,(H,39,44)(H,40,45);8-10,15H,4-7H2,1-3H3,(H2,14,18)(H,16,19);5*1H/t25-,30-,31+,34-;8-,9-,10-;;;;;/m00...../s1. The molecule has 66 heavy (non-hydrogen) atoms. The molecule has 0 radical (unpaired) electrons. The summed E-state index contributed by atoms with van der Waals surface area (Å²) in [6.07, 6.45) is 11.7. The third kappa shape index (κ3) is 11.7. The van der Waals surface area contributed by atoms with Gasteiger partial charge in [0.25, 0.3) is 0 Å². The number of aryl methyl sites for hydroxylation is 1. The molecule has 0 spiro atoms. The van der Waals surface area contributed by atoms with Gasteiger partial charge in [-0.05, 0) is 146 Å². The van der Waals surface area contributed by atoms with Crippen molar-refractivity contribution in [3.63, 3.8) is 0 Å². The van der Waals surface area contributed by atoms with Gasteiger partial charge in [-0.15, -0.1) is 0 Å². The van der Waals surface area contributed by atoms with E-state index in [1.165, 1.54) is 58.6 Å². The number of hydrogen-bond acceptors (Lipinski definition) is 10. The Kier molecular flexibility index (Phi) is 17.9. The van der Waals surface area contributed by atoms with Gasteiger partial charge in [0, 0.05) is 57.8 Å². The van der Waals surface area contributed by atoms with Crippen molar-refractivity contribution in [1.82, 2.24) is 36.4 Å². The molecule has 372 valence electrons. The lowest BCUT2D eigenvalue weighted by Gasteiger charge is -2.40. The molecule has 5 aliphatic rings. The van der Waals surface area contributed by atoms with Crippen molar-refractivity contribution in [3.05, 3.63) is 58.7 Å². The Morgan fingerprint density at radius 2 is 1.14 bits per heavy atom. The van der Waals surface area contributed by atoms with E-state index in [1.54, 1.807) is 38.4 Å². The summed E-state index contributed by atoms with van der Waals surface area (Å²) in [7, 11) is 3.40. The maximum absolute atomic E-state index is 13.8. The molecule has 3 saturated heterocycles. The Hall–Kier alpha value is -5.22. The Balaban J connectivity index is 0.000000863. The highest BCUT2D eigenvalue weighted by Crippen LogP contribution is 2.38. The minimum absolute atomic E-state index is 0. The molecule has 0 unspecified atom stereocenters. The number of fused-ring (bicyclic) bond motifs is 2. The van der Waals surface area contributed by atoms with E-state index in [2.05, 4.69) is 72.8 Å². The zero-order chi connectivity index (χ0) is 47.5. The van der Waals surface area contributed by atoms with Crippen LogP contribution >= 0.6 is 0 Å². The summed E-state index contributed by atoms with van der Waals surface area (Å²) in [4.78, 5) is 83.7. The van der Waals surface area contributed by atoms with Crippen molar-refractivity contribution in [1.29, 1.82) is 0 Å². The predicted molar refractivity (Wildman–Crippen MR) is 268 cm³/mol. The number of primary amides is 1. The van der Waals surface area contributed by atoms with E-state index >= 15 is 0 Å². The number of piperazine rings is 1. The van der Waals surface area contributed by atoms with E-state index in [-0.39, 0.29) is 48.8 Å². The quantitative estimate of drug-likeness (QED) is 0.151. The number of benzene rings is 2. The lowest BCUT2D eigenvalue weighted by molar-refractivity contribution is -0.141. The van der Waals surface area contributed by atoms with E-state index in [9.17, 15) is 28.8 Å². The number of nitrogens with two attached hydrogens (primary N) is 1. The molecule has 0 saturated carbocycles. The van der Waals surface area contributed by atoms with Crippen LogP contribution < -0.4 is 42.1 Å². The number of likely N-dealkylation sites (N-methyl/N-ethyl adjacent to an activating group) is 2. The predicted octanol–water partition coefficient (Wildman–Crippen LogP) is 4.07. The normalized spacial score (nSPS) is 22.1. The molecular weight excluding hydrogens is 837 g/mol. The summed E-state index contributed by atoms with van der Waals surface area (Å²) >= 11 is 0. The third-order valence-corrected chi connectivity index (χ3v) is 14.5. The Morgan fingerprint density at radius 1 is 0.636 bits per heavy atom. The minimum Gasteiger partial charge on any atom is -0.368 e. The largest absolute Gasteiger partial charge is 0.368 e. The van der Waals surface area contributed by atoms with Crippen LogP contribution in [0.2, 0.25) is 0 Å². The summed E-state index contributed by atoms with van der Waals surface area (Å²) in [5.41, 5.74) is 13.7. The van der Waals surface area contributed by atoms with E-state index < -0.39 is 36.1 Å².